The number of hydrogen-bond acceptors (Lipinski definition) is 2. The summed E-state index contributed by atoms with van der Waals surface area (Å²) in [4.78, 5) is 13.9. The first-order valence-electron chi connectivity index (χ1n) is 5.67. The van der Waals surface area contributed by atoms with Gasteiger partial charge in [0.05, 0.1) is 6.26 Å². The SMILES string of the molecule is O=C(c1ccco1)N1CC2CCCC2C1. The fourth-order valence-corrected chi connectivity index (χ4v) is 2.96. The molecule has 3 nitrogen and oxygen atoms in total. The third kappa shape index (κ3) is 1.46. The third-order valence-corrected chi connectivity index (χ3v) is 3.75. The van der Waals surface area contributed by atoms with Crippen LogP contribution in [0.25, 0.3) is 0 Å². The molecule has 15 heavy (non-hydrogen) atoms. The fourth-order valence-electron chi connectivity index (χ4n) is 2.96. The summed E-state index contributed by atoms with van der Waals surface area (Å²) >= 11 is 0. The lowest BCUT2D eigenvalue weighted by Crippen LogP contribution is -2.29. The molecule has 0 bridgehead atoms. The van der Waals surface area contributed by atoms with Gasteiger partial charge in [0.15, 0.2) is 5.76 Å². The van der Waals surface area contributed by atoms with E-state index >= 15 is 0 Å². The summed E-state index contributed by atoms with van der Waals surface area (Å²) in [6, 6.07) is 3.51. The van der Waals surface area contributed by atoms with Crippen molar-refractivity contribution in [2.75, 3.05) is 13.1 Å². The average Bonchev–Trinajstić information content (AvgIpc) is 2.92. The molecule has 3 rings (SSSR count). The van der Waals surface area contributed by atoms with Crippen molar-refractivity contribution in [3.8, 4) is 0 Å². The third-order valence-electron chi connectivity index (χ3n) is 3.75. The first-order chi connectivity index (χ1) is 7.34. The van der Waals surface area contributed by atoms with E-state index in [0.717, 1.165) is 24.9 Å². The summed E-state index contributed by atoms with van der Waals surface area (Å²) in [5, 5.41) is 0. The highest BCUT2D eigenvalue weighted by atomic mass is 16.3. The van der Waals surface area contributed by atoms with Crippen LogP contribution < -0.4 is 0 Å². The van der Waals surface area contributed by atoms with Crippen molar-refractivity contribution in [1.82, 2.24) is 4.90 Å². The zero-order valence-corrected chi connectivity index (χ0v) is 8.69. The summed E-state index contributed by atoms with van der Waals surface area (Å²) in [6.07, 6.45) is 5.50. The lowest BCUT2D eigenvalue weighted by Gasteiger charge is -2.15. The van der Waals surface area contributed by atoms with Gasteiger partial charge in [0.2, 0.25) is 0 Å². The first-order valence-corrected chi connectivity index (χ1v) is 5.67. The van der Waals surface area contributed by atoms with Crippen molar-refractivity contribution in [3.05, 3.63) is 24.2 Å². The molecule has 1 aliphatic carbocycles. The van der Waals surface area contributed by atoms with Crippen LogP contribution in [0, 0.1) is 11.8 Å². The molecule has 1 saturated heterocycles. The molecule has 0 aromatic carbocycles. The Labute approximate surface area is 89.1 Å². The van der Waals surface area contributed by atoms with E-state index in [4.69, 9.17) is 4.42 Å². The Morgan fingerprint density at radius 3 is 2.67 bits per heavy atom. The van der Waals surface area contributed by atoms with Crippen LogP contribution in [0.15, 0.2) is 22.8 Å². The largest absolute Gasteiger partial charge is 0.459 e. The van der Waals surface area contributed by atoms with Crippen molar-refractivity contribution in [1.29, 1.82) is 0 Å². The molecule has 3 heteroatoms. The van der Waals surface area contributed by atoms with Crippen molar-refractivity contribution >= 4 is 5.91 Å². The second-order valence-corrected chi connectivity index (χ2v) is 4.64. The summed E-state index contributed by atoms with van der Waals surface area (Å²) in [5.41, 5.74) is 0. The predicted octanol–water partition coefficient (Wildman–Crippen LogP) is 2.15. The number of hydrogen-bond donors (Lipinski definition) is 0. The molecule has 0 spiro atoms. The number of fused-ring (bicyclic) bond motifs is 1. The minimum absolute atomic E-state index is 0.0643. The molecule has 2 atom stereocenters. The molecule has 0 radical (unpaired) electrons. The topological polar surface area (TPSA) is 33.5 Å². The van der Waals surface area contributed by atoms with Gasteiger partial charge in [-0.1, -0.05) is 6.42 Å². The molecule has 1 aromatic rings. The number of carbonyl (C=O) groups excluding carboxylic acids is 1. The molecule has 2 heterocycles. The average molecular weight is 205 g/mol. The molecule has 2 fully saturated rings. The zero-order valence-electron chi connectivity index (χ0n) is 8.69. The van der Waals surface area contributed by atoms with E-state index < -0.39 is 0 Å². The number of carbonyl (C=O) groups is 1. The van der Waals surface area contributed by atoms with Gasteiger partial charge in [-0.3, -0.25) is 4.79 Å². The smallest absolute Gasteiger partial charge is 0.289 e. The number of likely N-dealkylation sites (tertiary alicyclic amines) is 1. The van der Waals surface area contributed by atoms with E-state index in [1.165, 1.54) is 19.3 Å². The number of furan rings is 1. The molecule has 1 aromatic heterocycles. The summed E-state index contributed by atoms with van der Waals surface area (Å²) in [5.74, 6) is 2.05. The van der Waals surface area contributed by atoms with Gasteiger partial charge in [-0.25, -0.2) is 0 Å². The molecule has 2 unspecified atom stereocenters. The van der Waals surface area contributed by atoms with Gasteiger partial charge in [-0.2, -0.15) is 0 Å². The van der Waals surface area contributed by atoms with Gasteiger partial charge in [0, 0.05) is 13.1 Å². The Morgan fingerprint density at radius 2 is 2.07 bits per heavy atom. The van der Waals surface area contributed by atoms with E-state index in [-0.39, 0.29) is 5.91 Å². The normalized spacial score (nSPS) is 29.5. The van der Waals surface area contributed by atoms with Crippen LogP contribution in [0.2, 0.25) is 0 Å². The van der Waals surface area contributed by atoms with Crippen LogP contribution in [0.3, 0.4) is 0 Å². The van der Waals surface area contributed by atoms with Gasteiger partial charge >= 0.3 is 0 Å². The quantitative estimate of drug-likeness (QED) is 0.704. The Bertz CT molecular complexity index is 346. The Kier molecular flexibility index (Phi) is 2.04. The lowest BCUT2D eigenvalue weighted by atomic mass is 10.0. The van der Waals surface area contributed by atoms with Crippen molar-refractivity contribution in [2.45, 2.75) is 19.3 Å². The van der Waals surface area contributed by atoms with E-state index in [9.17, 15) is 4.79 Å². The molecule has 0 N–H and O–H groups in total. The van der Waals surface area contributed by atoms with Crippen LogP contribution in [0.1, 0.15) is 29.8 Å². The highest BCUT2D eigenvalue weighted by Gasteiger charge is 2.38. The Balaban J connectivity index is 1.72. The maximum Gasteiger partial charge on any atom is 0.289 e. The predicted molar refractivity (Wildman–Crippen MR) is 55.4 cm³/mol. The number of amides is 1. The van der Waals surface area contributed by atoms with E-state index in [0.29, 0.717) is 5.76 Å². The molecule has 1 saturated carbocycles. The van der Waals surface area contributed by atoms with Crippen LogP contribution >= 0.6 is 0 Å². The van der Waals surface area contributed by atoms with Crippen LogP contribution in [-0.2, 0) is 0 Å². The molecule has 1 amide bonds. The standard InChI is InChI=1S/C12H15NO2/c14-12(11-5-2-6-15-11)13-7-9-3-1-4-10(9)8-13/h2,5-6,9-10H,1,3-4,7-8H2. The van der Waals surface area contributed by atoms with Crippen molar-refractivity contribution in [2.24, 2.45) is 11.8 Å². The van der Waals surface area contributed by atoms with Crippen LogP contribution in [0.5, 0.6) is 0 Å². The summed E-state index contributed by atoms with van der Waals surface area (Å²) in [7, 11) is 0. The van der Waals surface area contributed by atoms with E-state index in [1.54, 1.807) is 18.4 Å². The number of rotatable bonds is 1. The molecule has 80 valence electrons. The van der Waals surface area contributed by atoms with Gasteiger partial charge in [0.1, 0.15) is 0 Å². The lowest BCUT2D eigenvalue weighted by molar-refractivity contribution is 0.0749. The summed E-state index contributed by atoms with van der Waals surface area (Å²) in [6.45, 7) is 1.87. The van der Waals surface area contributed by atoms with Crippen LogP contribution in [0.4, 0.5) is 0 Å². The first kappa shape index (κ1) is 9.01. The maximum atomic E-state index is 12.0. The fraction of sp³-hybridized carbons (Fsp3) is 0.583. The minimum atomic E-state index is 0.0643. The highest BCUT2D eigenvalue weighted by Crippen LogP contribution is 2.38. The van der Waals surface area contributed by atoms with Gasteiger partial charge in [0.25, 0.3) is 5.91 Å². The Morgan fingerprint density at radius 1 is 1.33 bits per heavy atom. The molecular formula is C12H15NO2. The van der Waals surface area contributed by atoms with E-state index in [2.05, 4.69) is 0 Å². The molecule has 1 aliphatic heterocycles. The second kappa shape index (κ2) is 3.40. The minimum Gasteiger partial charge on any atom is -0.459 e. The van der Waals surface area contributed by atoms with E-state index in [1.807, 2.05) is 4.90 Å². The van der Waals surface area contributed by atoms with Crippen LogP contribution in [-0.4, -0.2) is 23.9 Å². The zero-order chi connectivity index (χ0) is 10.3. The number of nitrogens with zero attached hydrogens (tertiary/aromatic N) is 1. The van der Waals surface area contributed by atoms with Gasteiger partial charge in [-0.15, -0.1) is 0 Å². The van der Waals surface area contributed by atoms with Crippen molar-refractivity contribution in [3.63, 3.8) is 0 Å². The second-order valence-electron chi connectivity index (χ2n) is 4.64. The van der Waals surface area contributed by atoms with Gasteiger partial charge in [-0.05, 0) is 36.8 Å². The monoisotopic (exact) mass is 205 g/mol. The summed E-state index contributed by atoms with van der Waals surface area (Å²) < 4.78 is 5.14. The van der Waals surface area contributed by atoms with Gasteiger partial charge < -0.3 is 9.32 Å². The molecular weight excluding hydrogens is 190 g/mol. The Hall–Kier alpha value is -1.25. The highest BCUT2D eigenvalue weighted by molar-refractivity contribution is 5.91. The van der Waals surface area contributed by atoms with Crippen molar-refractivity contribution < 1.29 is 9.21 Å². The maximum absolute atomic E-state index is 12.0. The molecule has 2 aliphatic rings.